The second-order valence-corrected chi connectivity index (χ2v) is 3.77. The van der Waals surface area contributed by atoms with Crippen molar-refractivity contribution in [3.05, 3.63) is 42.0 Å². The molecule has 0 saturated heterocycles. The van der Waals surface area contributed by atoms with Crippen LogP contribution in [-0.2, 0) is 13.0 Å². The van der Waals surface area contributed by atoms with Gasteiger partial charge in [0.25, 0.3) is 0 Å². The van der Waals surface area contributed by atoms with Crippen molar-refractivity contribution in [1.29, 1.82) is 0 Å². The zero-order valence-electron chi connectivity index (χ0n) is 10.6. The Morgan fingerprint density at radius 1 is 1.28 bits per heavy atom. The molecule has 5 nitrogen and oxygen atoms in total. The molecule has 0 radical (unpaired) electrons. The normalized spacial score (nSPS) is 10.1. The van der Waals surface area contributed by atoms with Crippen LogP contribution in [0, 0.1) is 0 Å². The van der Waals surface area contributed by atoms with Gasteiger partial charge in [-0.25, -0.2) is 15.0 Å². The van der Waals surface area contributed by atoms with E-state index in [0.717, 1.165) is 23.5 Å². The van der Waals surface area contributed by atoms with Gasteiger partial charge < -0.3 is 10.1 Å². The van der Waals surface area contributed by atoms with Crippen LogP contribution >= 0.6 is 0 Å². The van der Waals surface area contributed by atoms with Gasteiger partial charge in [-0.1, -0.05) is 13.0 Å². The monoisotopic (exact) mass is 244 g/mol. The van der Waals surface area contributed by atoms with E-state index in [0.29, 0.717) is 12.4 Å². The van der Waals surface area contributed by atoms with Gasteiger partial charge in [0.05, 0.1) is 7.11 Å². The lowest BCUT2D eigenvalue weighted by Gasteiger charge is -2.09. The number of methoxy groups -OCH3 is 1. The molecule has 0 fully saturated rings. The summed E-state index contributed by atoms with van der Waals surface area (Å²) in [5, 5.41) is 3.24. The number of aryl methyl sites for hydroxylation is 1. The zero-order valence-corrected chi connectivity index (χ0v) is 10.6. The van der Waals surface area contributed by atoms with Crippen LogP contribution in [0.2, 0.25) is 0 Å². The van der Waals surface area contributed by atoms with Crippen LogP contribution in [0.5, 0.6) is 5.88 Å². The second kappa shape index (κ2) is 5.95. The zero-order chi connectivity index (χ0) is 12.8. The number of ether oxygens (including phenoxy) is 1. The molecule has 94 valence electrons. The first-order valence-corrected chi connectivity index (χ1v) is 5.86. The van der Waals surface area contributed by atoms with Crippen LogP contribution in [0.4, 0.5) is 5.82 Å². The Balaban J connectivity index is 2.06. The number of aromatic nitrogens is 3. The minimum absolute atomic E-state index is 0.622. The van der Waals surface area contributed by atoms with Crippen molar-refractivity contribution >= 4 is 5.82 Å². The van der Waals surface area contributed by atoms with Crippen molar-refractivity contribution in [3.8, 4) is 5.88 Å². The van der Waals surface area contributed by atoms with Crippen molar-refractivity contribution in [2.75, 3.05) is 12.4 Å². The van der Waals surface area contributed by atoms with Crippen molar-refractivity contribution in [2.24, 2.45) is 0 Å². The maximum absolute atomic E-state index is 5.19. The topological polar surface area (TPSA) is 59.9 Å². The lowest BCUT2D eigenvalue weighted by molar-refractivity contribution is 0.393. The van der Waals surface area contributed by atoms with E-state index in [2.05, 4.69) is 27.2 Å². The molecule has 0 bridgehead atoms. The molecule has 0 aliphatic rings. The van der Waals surface area contributed by atoms with Crippen LogP contribution in [0.15, 0.2) is 30.7 Å². The van der Waals surface area contributed by atoms with Gasteiger partial charge in [-0.2, -0.15) is 0 Å². The van der Waals surface area contributed by atoms with Gasteiger partial charge in [0.15, 0.2) is 0 Å². The Morgan fingerprint density at radius 3 is 2.94 bits per heavy atom. The predicted molar refractivity (Wildman–Crippen MR) is 69.5 cm³/mol. The quantitative estimate of drug-likeness (QED) is 0.872. The number of hydrogen-bond acceptors (Lipinski definition) is 5. The van der Waals surface area contributed by atoms with E-state index >= 15 is 0 Å². The van der Waals surface area contributed by atoms with Crippen LogP contribution in [0.3, 0.4) is 0 Å². The maximum Gasteiger partial charge on any atom is 0.218 e. The van der Waals surface area contributed by atoms with Gasteiger partial charge in [-0.15, -0.1) is 0 Å². The molecule has 0 atom stereocenters. The fraction of sp³-hybridized carbons (Fsp3) is 0.308. The first-order chi connectivity index (χ1) is 8.83. The second-order valence-electron chi connectivity index (χ2n) is 3.77. The summed E-state index contributed by atoms with van der Waals surface area (Å²) < 4.78 is 5.19. The summed E-state index contributed by atoms with van der Waals surface area (Å²) in [7, 11) is 1.62. The van der Waals surface area contributed by atoms with E-state index in [4.69, 9.17) is 4.74 Å². The predicted octanol–water partition coefficient (Wildman–Crippen LogP) is 2.05. The highest BCUT2D eigenvalue weighted by atomic mass is 16.5. The highest BCUT2D eigenvalue weighted by molar-refractivity contribution is 5.37. The molecule has 0 spiro atoms. The summed E-state index contributed by atoms with van der Waals surface area (Å²) >= 11 is 0. The number of rotatable bonds is 5. The van der Waals surface area contributed by atoms with Crippen molar-refractivity contribution < 1.29 is 4.74 Å². The van der Waals surface area contributed by atoms with Crippen LogP contribution < -0.4 is 10.1 Å². The molecule has 1 N–H and O–H groups in total. The Labute approximate surface area is 106 Å². The number of nitrogens with zero attached hydrogens (tertiary/aromatic N) is 3. The van der Waals surface area contributed by atoms with E-state index in [9.17, 15) is 0 Å². The molecule has 5 heteroatoms. The number of hydrogen-bond donors (Lipinski definition) is 1. The van der Waals surface area contributed by atoms with Gasteiger partial charge in [-0.05, 0) is 12.5 Å². The highest BCUT2D eigenvalue weighted by Crippen LogP contribution is 2.15. The standard InChI is InChI=1S/C13H16N4O/c1-3-11-7-12(17-9-16-11)15-8-10-5-4-6-14-13(10)18-2/h4-7,9H,3,8H2,1-2H3,(H,15,16,17). The summed E-state index contributed by atoms with van der Waals surface area (Å²) in [6, 6.07) is 5.81. The molecule has 2 rings (SSSR count). The van der Waals surface area contributed by atoms with E-state index in [1.165, 1.54) is 0 Å². The molecule has 2 heterocycles. The Hall–Kier alpha value is -2.17. The average molecular weight is 244 g/mol. The largest absolute Gasteiger partial charge is 0.481 e. The minimum Gasteiger partial charge on any atom is -0.481 e. The summed E-state index contributed by atoms with van der Waals surface area (Å²) in [6.07, 6.45) is 4.18. The summed E-state index contributed by atoms with van der Waals surface area (Å²) in [4.78, 5) is 12.5. The van der Waals surface area contributed by atoms with Gasteiger partial charge in [0.1, 0.15) is 12.1 Å². The van der Waals surface area contributed by atoms with Gasteiger partial charge in [0, 0.05) is 30.1 Å². The van der Waals surface area contributed by atoms with Gasteiger partial charge in [0.2, 0.25) is 5.88 Å². The average Bonchev–Trinajstić information content (AvgIpc) is 2.45. The van der Waals surface area contributed by atoms with E-state index < -0.39 is 0 Å². The minimum atomic E-state index is 0.622. The molecule has 0 aromatic carbocycles. The molecule has 0 unspecified atom stereocenters. The molecule has 0 saturated carbocycles. The fourth-order valence-corrected chi connectivity index (χ4v) is 1.62. The third kappa shape index (κ3) is 2.94. The van der Waals surface area contributed by atoms with Crippen molar-refractivity contribution in [3.63, 3.8) is 0 Å². The van der Waals surface area contributed by atoms with Crippen molar-refractivity contribution in [2.45, 2.75) is 19.9 Å². The van der Waals surface area contributed by atoms with Crippen LogP contribution in [0.1, 0.15) is 18.2 Å². The third-order valence-corrected chi connectivity index (χ3v) is 2.59. The molecule has 0 aliphatic carbocycles. The molecule has 0 aliphatic heterocycles. The van der Waals surface area contributed by atoms with Gasteiger partial charge in [-0.3, -0.25) is 0 Å². The Bertz CT molecular complexity index is 516. The summed E-state index contributed by atoms with van der Waals surface area (Å²) in [5.41, 5.74) is 2.02. The van der Waals surface area contributed by atoms with E-state index in [1.807, 2.05) is 18.2 Å². The molecule has 2 aromatic heterocycles. The maximum atomic E-state index is 5.19. The summed E-state index contributed by atoms with van der Waals surface area (Å²) in [5.74, 6) is 1.45. The Kier molecular flexibility index (Phi) is 4.06. The van der Waals surface area contributed by atoms with Crippen LogP contribution in [-0.4, -0.2) is 22.1 Å². The summed E-state index contributed by atoms with van der Waals surface area (Å²) in [6.45, 7) is 2.69. The third-order valence-electron chi connectivity index (χ3n) is 2.59. The molecular weight excluding hydrogens is 228 g/mol. The first-order valence-electron chi connectivity index (χ1n) is 5.86. The molecule has 0 amide bonds. The lowest BCUT2D eigenvalue weighted by atomic mass is 10.2. The van der Waals surface area contributed by atoms with Crippen molar-refractivity contribution in [1.82, 2.24) is 15.0 Å². The van der Waals surface area contributed by atoms with E-state index in [-0.39, 0.29) is 0 Å². The number of anilines is 1. The highest BCUT2D eigenvalue weighted by Gasteiger charge is 2.03. The number of pyridine rings is 1. The molecular formula is C13H16N4O. The smallest absolute Gasteiger partial charge is 0.218 e. The first kappa shape index (κ1) is 12.3. The number of nitrogens with one attached hydrogen (secondary N) is 1. The molecule has 18 heavy (non-hydrogen) atoms. The van der Waals surface area contributed by atoms with Crippen LogP contribution in [0.25, 0.3) is 0 Å². The lowest BCUT2D eigenvalue weighted by Crippen LogP contribution is -2.05. The van der Waals surface area contributed by atoms with Gasteiger partial charge >= 0.3 is 0 Å². The van der Waals surface area contributed by atoms with E-state index in [1.54, 1.807) is 19.6 Å². The Morgan fingerprint density at radius 2 is 2.17 bits per heavy atom. The SMILES string of the molecule is CCc1cc(NCc2cccnc2OC)ncn1. The fourth-order valence-electron chi connectivity index (χ4n) is 1.62. The molecule has 2 aromatic rings.